The molecular weight excluding hydrogens is 352 g/mol. The van der Waals surface area contributed by atoms with E-state index in [-0.39, 0.29) is 24.8 Å². The van der Waals surface area contributed by atoms with Gasteiger partial charge in [0, 0.05) is 43.1 Å². The predicted molar refractivity (Wildman–Crippen MR) is 94.9 cm³/mol. The summed E-state index contributed by atoms with van der Waals surface area (Å²) in [5.74, 6) is -1.98. The summed E-state index contributed by atoms with van der Waals surface area (Å²) in [5, 5.41) is 1.20. The third-order valence-corrected chi connectivity index (χ3v) is 5.01. The average Bonchev–Trinajstić information content (AvgIpc) is 2.89. The Bertz CT molecular complexity index is 1000. The number of hydrogen-bond donors (Lipinski definition) is 0. The number of aryl methyl sites for hydroxylation is 1. The number of amides is 2. The van der Waals surface area contributed by atoms with Crippen LogP contribution in [0.15, 0.2) is 27.4 Å². The quantitative estimate of drug-likeness (QED) is 0.594. The number of nitrogens with zero attached hydrogens (tertiary/aromatic N) is 2. The van der Waals surface area contributed by atoms with Gasteiger partial charge in [-0.2, -0.15) is 0 Å². The smallest absolute Gasteiger partial charge is 0.340 e. The number of fused-ring (bicyclic) bond motifs is 1. The van der Waals surface area contributed by atoms with E-state index < -0.39 is 23.4 Å². The van der Waals surface area contributed by atoms with E-state index in [2.05, 4.69) is 4.90 Å². The van der Waals surface area contributed by atoms with Gasteiger partial charge in [-0.25, -0.2) is 9.59 Å². The summed E-state index contributed by atoms with van der Waals surface area (Å²) in [7, 11) is 0. The molecule has 0 radical (unpaired) electrons. The first kappa shape index (κ1) is 17.3. The minimum Gasteiger partial charge on any atom is -0.422 e. The third-order valence-electron chi connectivity index (χ3n) is 5.01. The summed E-state index contributed by atoms with van der Waals surface area (Å²) in [5.41, 5.74) is 1.60. The van der Waals surface area contributed by atoms with Crippen LogP contribution in [-0.2, 0) is 25.6 Å². The normalized spacial score (nSPS) is 16.8. The van der Waals surface area contributed by atoms with E-state index >= 15 is 0 Å². The monoisotopic (exact) mass is 370 g/mol. The summed E-state index contributed by atoms with van der Waals surface area (Å²) in [6, 6.07) is 5.65. The number of hydrogen-bond acceptors (Lipinski definition) is 7. The topological polar surface area (TPSA) is 97.1 Å². The average molecular weight is 370 g/mol. The van der Waals surface area contributed by atoms with Crippen LogP contribution in [-0.4, -0.2) is 35.9 Å². The highest BCUT2D eigenvalue weighted by molar-refractivity contribution is 6.01. The van der Waals surface area contributed by atoms with Gasteiger partial charge >= 0.3 is 11.6 Å². The maximum atomic E-state index is 12.4. The second kappa shape index (κ2) is 6.53. The Balaban J connectivity index is 1.59. The Kier molecular flexibility index (Phi) is 4.18. The maximum absolute atomic E-state index is 12.4. The highest BCUT2D eigenvalue weighted by Crippen LogP contribution is 2.27. The minimum atomic E-state index is -0.856. The largest absolute Gasteiger partial charge is 0.422 e. The minimum absolute atomic E-state index is 0.0165. The Morgan fingerprint density at radius 2 is 1.85 bits per heavy atom. The lowest BCUT2D eigenvalue weighted by Gasteiger charge is -2.33. The predicted octanol–water partition coefficient (Wildman–Crippen LogP) is 1.46. The lowest BCUT2D eigenvalue weighted by molar-refractivity contribution is -0.197. The number of carbonyl (C=O) groups is 3. The maximum Gasteiger partial charge on any atom is 0.340 e. The molecule has 0 N–H and O–H groups in total. The molecule has 0 atom stereocenters. The van der Waals surface area contributed by atoms with Crippen LogP contribution >= 0.6 is 0 Å². The molecule has 1 aromatic carbocycles. The van der Waals surface area contributed by atoms with E-state index in [1.54, 1.807) is 6.92 Å². The van der Waals surface area contributed by atoms with E-state index in [1.807, 2.05) is 18.2 Å². The number of anilines is 1. The van der Waals surface area contributed by atoms with Crippen molar-refractivity contribution in [3.8, 4) is 0 Å². The van der Waals surface area contributed by atoms with Gasteiger partial charge in [-0.15, -0.1) is 5.06 Å². The molecule has 140 valence electrons. The first-order valence-electron chi connectivity index (χ1n) is 8.82. The molecule has 0 spiro atoms. The van der Waals surface area contributed by atoms with Gasteiger partial charge in [-0.3, -0.25) is 9.59 Å². The van der Waals surface area contributed by atoms with Crippen molar-refractivity contribution in [1.29, 1.82) is 0 Å². The van der Waals surface area contributed by atoms with E-state index in [0.29, 0.717) is 16.2 Å². The van der Waals surface area contributed by atoms with Crippen molar-refractivity contribution < 1.29 is 23.6 Å². The molecular formula is C19H18N2O6. The van der Waals surface area contributed by atoms with Crippen molar-refractivity contribution in [3.63, 3.8) is 0 Å². The number of carbonyl (C=O) groups excluding carboxylic acids is 3. The molecule has 8 heteroatoms. The van der Waals surface area contributed by atoms with Crippen LogP contribution in [0.25, 0.3) is 11.0 Å². The van der Waals surface area contributed by atoms with Gasteiger partial charge < -0.3 is 14.2 Å². The molecule has 27 heavy (non-hydrogen) atoms. The molecule has 0 unspecified atom stereocenters. The standard InChI is InChI=1S/C19H18N2O6/c1-11-13-4-3-12(20-7-2-8-20)9-15(13)26-19(25)14(11)10-18(24)27-21-16(22)5-6-17(21)23/h3-4,9H,2,5-8,10H2,1H3. The molecule has 2 aromatic rings. The van der Waals surface area contributed by atoms with Crippen LogP contribution in [0.3, 0.4) is 0 Å². The van der Waals surface area contributed by atoms with Crippen molar-refractivity contribution in [2.24, 2.45) is 0 Å². The molecule has 0 bridgehead atoms. The fourth-order valence-electron chi connectivity index (χ4n) is 3.29. The molecule has 2 aliphatic rings. The number of rotatable bonds is 4. The molecule has 3 heterocycles. The molecule has 2 aliphatic heterocycles. The second-order valence-corrected chi connectivity index (χ2v) is 6.74. The highest BCUT2D eigenvalue weighted by atomic mass is 16.7. The van der Waals surface area contributed by atoms with Gasteiger partial charge in [0.15, 0.2) is 0 Å². The van der Waals surface area contributed by atoms with Crippen molar-refractivity contribution in [3.05, 3.63) is 39.7 Å². The fourth-order valence-corrected chi connectivity index (χ4v) is 3.29. The van der Waals surface area contributed by atoms with Crippen LogP contribution in [0.2, 0.25) is 0 Å². The van der Waals surface area contributed by atoms with Crippen molar-refractivity contribution >= 4 is 34.4 Å². The zero-order valence-corrected chi connectivity index (χ0v) is 14.8. The van der Waals surface area contributed by atoms with Crippen LogP contribution in [0.4, 0.5) is 5.69 Å². The van der Waals surface area contributed by atoms with E-state index in [0.717, 1.165) is 30.6 Å². The molecule has 2 amide bonds. The number of imide groups is 1. The molecule has 2 fully saturated rings. The van der Waals surface area contributed by atoms with Gasteiger partial charge in [0.1, 0.15) is 5.58 Å². The Hall–Kier alpha value is -3.16. The Morgan fingerprint density at radius 3 is 2.48 bits per heavy atom. The first-order chi connectivity index (χ1) is 12.9. The lowest BCUT2D eigenvalue weighted by atomic mass is 10.0. The van der Waals surface area contributed by atoms with Gasteiger partial charge in [0.2, 0.25) is 0 Å². The molecule has 1 aromatic heterocycles. The lowest BCUT2D eigenvalue weighted by Crippen LogP contribution is -2.36. The van der Waals surface area contributed by atoms with Crippen molar-refractivity contribution in [1.82, 2.24) is 5.06 Å². The number of benzene rings is 1. The summed E-state index contributed by atoms with van der Waals surface area (Å²) < 4.78 is 5.41. The van der Waals surface area contributed by atoms with Gasteiger partial charge in [0.05, 0.1) is 12.0 Å². The second-order valence-electron chi connectivity index (χ2n) is 6.74. The highest BCUT2D eigenvalue weighted by Gasteiger charge is 2.33. The SMILES string of the molecule is Cc1c(CC(=O)ON2C(=O)CCC2=O)c(=O)oc2cc(N3CCC3)ccc12. The summed E-state index contributed by atoms with van der Waals surface area (Å²) >= 11 is 0. The summed E-state index contributed by atoms with van der Waals surface area (Å²) in [4.78, 5) is 54.6. The fraction of sp³-hybridized carbons (Fsp3) is 0.368. The van der Waals surface area contributed by atoms with Crippen molar-refractivity contribution in [2.45, 2.75) is 32.6 Å². The van der Waals surface area contributed by atoms with Crippen LogP contribution in [0.5, 0.6) is 0 Å². The summed E-state index contributed by atoms with van der Waals surface area (Å²) in [6.07, 6.45) is 0.796. The van der Waals surface area contributed by atoms with Crippen LogP contribution < -0.4 is 10.5 Å². The molecule has 8 nitrogen and oxygen atoms in total. The zero-order valence-electron chi connectivity index (χ0n) is 14.8. The van der Waals surface area contributed by atoms with Crippen LogP contribution in [0.1, 0.15) is 30.4 Å². The molecule has 0 aliphatic carbocycles. The van der Waals surface area contributed by atoms with Gasteiger partial charge in [-0.1, -0.05) is 0 Å². The molecule has 2 saturated heterocycles. The molecule has 4 rings (SSSR count). The molecule has 0 saturated carbocycles. The number of hydroxylamine groups is 2. The summed E-state index contributed by atoms with van der Waals surface area (Å²) in [6.45, 7) is 3.69. The Morgan fingerprint density at radius 1 is 1.15 bits per heavy atom. The van der Waals surface area contributed by atoms with Crippen LogP contribution in [0, 0.1) is 6.92 Å². The van der Waals surface area contributed by atoms with E-state index in [4.69, 9.17) is 9.25 Å². The van der Waals surface area contributed by atoms with E-state index in [1.165, 1.54) is 0 Å². The Labute approximate surface area is 154 Å². The van der Waals surface area contributed by atoms with E-state index in [9.17, 15) is 19.2 Å². The first-order valence-corrected chi connectivity index (χ1v) is 8.82. The third kappa shape index (κ3) is 3.07. The van der Waals surface area contributed by atoms with Gasteiger partial charge in [0.25, 0.3) is 11.8 Å². The van der Waals surface area contributed by atoms with Crippen molar-refractivity contribution in [2.75, 3.05) is 18.0 Å². The zero-order chi connectivity index (χ0) is 19.1. The van der Waals surface area contributed by atoms with Gasteiger partial charge in [-0.05, 0) is 31.0 Å².